The van der Waals surface area contributed by atoms with Gasteiger partial charge in [-0.1, -0.05) is 47.1 Å². The normalized spacial score (nSPS) is 10.7. The van der Waals surface area contributed by atoms with Crippen LogP contribution in [0.2, 0.25) is 5.02 Å². The number of rotatable bonds is 8. The molecule has 1 aromatic heterocycles. The molecule has 0 atom stereocenters. The number of hydrogen-bond acceptors (Lipinski definition) is 6. The lowest BCUT2D eigenvalue weighted by Crippen LogP contribution is -2.07. The van der Waals surface area contributed by atoms with Crippen molar-refractivity contribution in [3.63, 3.8) is 0 Å². The molecule has 0 N–H and O–H groups in total. The molecule has 0 radical (unpaired) electrons. The van der Waals surface area contributed by atoms with Crippen LogP contribution in [0.1, 0.15) is 21.7 Å². The molecule has 146 valence electrons. The summed E-state index contributed by atoms with van der Waals surface area (Å²) in [6, 6.07) is 12.8. The molecule has 3 rings (SSSR count). The zero-order valence-corrected chi connectivity index (χ0v) is 17.4. The summed E-state index contributed by atoms with van der Waals surface area (Å²) in [5.74, 6) is 2.01. The van der Waals surface area contributed by atoms with Crippen molar-refractivity contribution in [3.05, 3.63) is 64.4 Å². The predicted molar refractivity (Wildman–Crippen MR) is 110 cm³/mol. The molecule has 0 fully saturated rings. The minimum atomic E-state index is -0.0255. The number of benzene rings is 2. The van der Waals surface area contributed by atoms with Crippen LogP contribution >= 0.6 is 23.4 Å². The van der Waals surface area contributed by atoms with E-state index in [1.165, 1.54) is 11.8 Å². The molecule has 0 aliphatic heterocycles. The molecular weight excluding hydrogens is 398 g/mol. The summed E-state index contributed by atoms with van der Waals surface area (Å²) >= 11 is 7.42. The Morgan fingerprint density at radius 2 is 1.96 bits per heavy atom. The van der Waals surface area contributed by atoms with Crippen molar-refractivity contribution in [1.29, 1.82) is 0 Å². The second-order valence-electron chi connectivity index (χ2n) is 6.09. The first-order valence-electron chi connectivity index (χ1n) is 8.56. The molecule has 6 nitrogen and oxygen atoms in total. The van der Waals surface area contributed by atoms with Gasteiger partial charge in [0.25, 0.3) is 0 Å². The third-order valence-corrected chi connectivity index (χ3v) is 5.44. The van der Waals surface area contributed by atoms with Gasteiger partial charge in [0.2, 0.25) is 0 Å². The van der Waals surface area contributed by atoms with Gasteiger partial charge in [0, 0.05) is 7.05 Å². The first-order valence-corrected chi connectivity index (χ1v) is 9.92. The van der Waals surface area contributed by atoms with Crippen molar-refractivity contribution in [2.24, 2.45) is 7.05 Å². The molecular formula is C20H20ClN3O3S. The first-order chi connectivity index (χ1) is 13.5. The molecule has 1 heterocycles. The number of nitrogens with zero attached hydrogens (tertiary/aromatic N) is 3. The highest BCUT2D eigenvalue weighted by Gasteiger charge is 2.16. The number of ether oxygens (including phenoxy) is 2. The summed E-state index contributed by atoms with van der Waals surface area (Å²) in [5.41, 5.74) is 1.58. The zero-order chi connectivity index (χ0) is 20.1. The molecule has 2 aromatic carbocycles. The number of carbonyl (C=O) groups excluding carboxylic acids is 1. The van der Waals surface area contributed by atoms with Crippen LogP contribution in [0.3, 0.4) is 0 Å². The lowest BCUT2D eigenvalue weighted by atomic mass is 10.1. The molecule has 0 unspecified atom stereocenters. The number of methoxy groups -OCH3 is 1. The predicted octanol–water partition coefficient (Wildman–Crippen LogP) is 4.34. The largest absolute Gasteiger partial charge is 0.496 e. The maximum absolute atomic E-state index is 12.6. The third kappa shape index (κ3) is 4.66. The van der Waals surface area contributed by atoms with Crippen LogP contribution in [0.4, 0.5) is 0 Å². The summed E-state index contributed by atoms with van der Waals surface area (Å²) in [6.07, 6.45) is 0. The molecule has 8 heteroatoms. The number of ketones is 1. The Balaban J connectivity index is 1.64. The van der Waals surface area contributed by atoms with Gasteiger partial charge >= 0.3 is 0 Å². The first kappa shape index (κ1) is 20.2. The van der Waals surface area contributed by atoms with Crippen molar-refractivity contribution in [3.8, 4) is 11.5 Å². The smallest absolute Gasteiger partial charge is 0.191 e. The summed E-state index contributed by atoms with van der Waals surface area (Å²) in [6.45, 7) is 2.17. The van der Waals surface area contributed by atoms with Crippen molar-refractivity contribution in [2.45, 2.75) is 18.7 Å². The number of carbonyl (C=O) groups is 1. The number of thioether (sulfide) groups is 1. The number of Topliss-reactive ketones (excluding diaryl/α,β-unsaturated/α-hetero) is 1. The second-order valence-corrected chi connectivity index (χ2v) is 7.44. The summed E-state index contributed by atoms with van der Waals surface area (Å²) < 4.78 is 12.8. The topological polar surface area (TPSA) is 66.2 Å². The number of aryl methyl sites for hydroxylation is 1. The van der Waals surface area contributed by atoms with Crippen LogP contribution < -0.4 is 9.47 Å². The summed E-state index contributed by atoms with van der Waals surface area (Å²) in [5, 5.41) is 9.48. The maximum atomic E-state index is 12.6. The van der Waals surface area contributed by atoms with Crippen molar-refractivity contribution < 1.29 is 14.3 Å². The Labute approximate surface area is 172 Å². The van der Waals surface area contributed by atoms with Gasteiger partial charge in [-0.25, -0.2) is 0 Å². The Kier molecular flexibility index (Phi) is 6.59. The van der Waals surface area contributed by atoms with Crippen molar-refractivity contribution in [1.82, 2.24) is 14.8 Å². The minimum Gasteiger partial charge on any atom is -0.496 e. The van der Waals surface area contributed by atoms with Crippen LogP contribution in [0.15, 0.2) is 47.6 Å². The highest BCUT2D eigenvalue weighted by atomic mass is 35.5. The van der Waals surface area contributed by atoms with Crippen LogP contribution in [-0.2, 0) is 13.7 Å². The number of aromatic nitrogens is 3. The second kappa shape index (κ2) is 9.12. The van der Waals surface area contributed by atoms with Gasteiger partial charge in [0.1, 0.15) is 18.1 Å². The van der Waals surface area contributed by atoms with E-state index in [-0.39, 0.29) is 18.1 Å². The van der Waals surface area contributed by atoms with Gasteiger partial charge in [0.15, 0.2) is 16.8 Å². The fourth-order valence-corrected chi connectivity index (χ4v) is 3.55. The Morgan fingerprint density at radius 3 is 2.71 bits per heavy atom. The van der Waals surface area contributed by atoms with Crippen LogP contribution in [0, 0.1) is 6.92 Å². The fourth-order valence-electron chi connectivity index (χ4n) is 2.55. The van der Waals surface area contributed by atoms with E-state index in [2.05, 4.69) is 10.2 Å². The summed E-state index contributed by atoms with van der Waals surface area (Å²) in [7, 11) is 3.40. The van der Waals surface area contributed by atoms with Gasteiger partial charge < -0.3 is 14.0 Å². The fraction of sp³-hybridized carbons (Fsp3) is 0.250. The standard InChI is InChI=1S/C20H20ClN3O3S/c1-13-8-9-17(26-3)14(10-13)16(25)12-28-20-23-22-19(24(20)2)11-27-18-7-5-4-6-15(18)21/h4-10H,11-12H2,1-3H3. The van der Waals surface area contributed by atoms with Crippen LogP contribution in [0.5, 0.6) is 11.5 Å². The maximum Gasteiger partial charge on any atom is 0.191 e. The number of para-hydroxylation sites is 1. The molecule has 0 aliphatic carbocycles. The van der Waals surface area contributed by atoms with E-state index in [4.69, 9.17) is 21.1 Å². The SMILES string of the molecule is COc1ccc(C)cc1C(=O)CSc1nnc(COc2ccccc2Cl)n1C. The lowest BCUT2D eigenvalue weighted by molar-refractivity contribution is 0.101. The van der Waals surface area contributed by atoms with Gasteiger partial charge in [-0.05, 0) is 31.2 Å². The Hall–Kier alpha value is -2.51. The van der Waals surface area contributed by atoms with E-state index in [0.717, 1.165) is 5.56 Å². The highest BCUT2D eigenvalue weighted by molar-refractivity contribution is 7.99. The lowest BCUT2D eigenvalue weighted by Gasteiger charge is -2.09. The van der Waals surface area contributed by atoms with Gasteiger partial charge in [-0.15, -0.1) is 10.2 Å². The average Bonchev–Trinajstić information content (AvgIpc) is 3.05. The quantitative estimate of drug-likeness (QED) is 0.401. The molecule has 0 bridgehead atoms. The number of halogens is 1. The van der Waals surface area contributed by atoms with Gasteiger partial charge in [-0.3, -0.25) is 4.79 Å². The molecule has 0 spiro atoms. The van der Waals surface area contributed by atoms with E-state index in [0.29, 0.717) is 33.1 Å². The average molecular weight is 418 g/mol. The van der Waals surface area contributed by atoms with E-state index in [1.807, 2.05) is 42.8 Å². The zero-order valence-electron chi connectivity index (χ0n) is 15.8. The van der Waals surface area contributed by atoms with Gasteiger partial charge in [0.05, 0.1) is 23.4 Å². The summed E-state index contributed by atoms with van der Waals surface area (Å²) in [4.78, 5) is 12.6. The number of hydrogen-bond donors (Lipinski definition) is 0. The highest BCUT2D eigenvalue weighted by Crippen LogP contribution is 2.26. The van der Waals surface area contributed by atoms with Crippen molar-refractivity contribution >= 4 is 29.1 Å². The van der Waals surface area contributed by atoms with Crippen molar-refractivity contribution in [2.75, 3.05) is 12.9 Å². The third-order valence-electron chi connectivity index (χ3n) is 4.11. The van der Waals surface area contributed by atoms with Crippen LogP contribution in [0.25, 0.3) is 0 Å². The van der Waals surface area contributed by atoms with Gasteiger partial charge in [-0.2, -0.15) is 0 Å². The monoisotopic (exact) mass is 417 g/mol. The molecule has 0 amide bonds. The molecule has 0 saturated carbocycles. The van der Waals surface area contributed by atoms with E-state index < -0.39 is 0 Å². The molecule has 3 aromatic rings. The van der Waals surface area contributed by atoms with E-state index >= 15 is 0 Å². The van der Waals surface area contributed by atoms with Crippen LogP contribution in [-0.4, -0.2) is 33.4 Å². The van der Waals surface area contributed by atoms with E-state index in [1.54, 1.807) is 25.3 Å². The minimum absolute atomic E-state index is 0.0255. The molecule has 28 heavy (non-hydrogen) atoms. The molecule has 0 saturated heterocycles. The Bertz CT molecular complexity index is 991. The molecule has 0 aliphatic rings. The van der Waals surface area contributed by atoms with E-state index in [9.17, 15) is 4.79 Å². The Morgan fingerprint density at radius 1 is 1.18 bits per heavy atom.